The molecule has 0 saturated heterocycles. The van der Waals surface area contributed by atoms with E-state index in [2.05, 4.69) is 10.5 Å². The molecule has 16 heavy (non-hydrogen) atoms. The fraction of sp³-hybridized carbons (Fsp3) is 0.300. The highest BCUT2D eigenvalue weighted by molar-refractivity contribution is 5.75. The fourth-order valence-corrected chi connectivity index (χ4v) is 1.11. The second kappa shape index (κ2) is 5.69. The number of anilines is 1. The Morgan fingerprint density at radius 2 is 2.25 bits per heavy atom. The number of nitrogens with one attached hydrogen (secondary N) is 1. The van der Waals surface area contributed by atoms with Gasteiger partial charge < -0.3 is 4.74 Å². The molecule has 6 nitrogen and oxygen atoms in total. The summed E-state index contributed by atoms with van der Waals surface area (Å²) in [5, 5.41) is 14.5. The smallest absolute Gasteiger partial charge is 0.294 e. The Morgan fingerprint density at radius 3 is 2.88 bits per heavy atom. The number of ether oxygens (including phenoxy) is 1. The number of rotatable bonds is 4. The summed E-state index contributed by atoms with van der Waals surface area (Å²) in [4.78, 5) is 10.2. The minimum absolute atomic E-state index is 0.0180. The number of hydrogen-bond acceptors (Lipinski definition) is 5. The number of para-hydroxylation sites is 2. The van der Waals surface area contributed by atoms with Crippen molar-refractivity contribution >= 4 is 17.3 Å². The molecule has 0 heterocycles. The molecule has 0 spiro atoms. The fourth-order valence-electron chi connectivity index (χ4n) is 1.11. The normalized spacial score (nSPS) is 11.0. The molecule has 0 unspecified atom stereocenters. The van der Waals surface area contributed by atoms with Crippen LogP contribution < -0.4 is 5.43 Å². The molecule has 1 aromatic rings. The van der Waals surface area contributed by atoms with Gasteiger partial charge in [-0.15, -0.1) is 5.10 Å². The van der Waals surface area contributed by atoms with Crippen LogP contribution in [0.1, 0.15) is 13.8 Å². The van der Waals surface area contributed by atoms with Crippen molar-refractivity contribution < 1.29 is 9.66 Å². The molecule has 0 aliphatic carbocycles. The van der Waals surface area contributed by atoms with Gasteiger partial charge >= 0.3 is 0 Å². The lowest BCUT2D eigenvalue weighted by molar-refractivity contribution is -0.384. The van der Waals surface area contributed by atoms with Crippen LogP contribution in [0.3, 0.4) is 0 Å². The lowest BCUT2D eigenvalue weighted by atomic mass is 10.3. The summed E-state index contributed by atoms with van der Waals surface area (Å²) in [7, 11) is 0. The molecule has 0 aliphatic heterocycles. The lowest BCUT2D eigenvalue weighted by Gasteiger charge is -2.04. The number of nitro groups is 1. The van der Waals surface area contributed by atoms with E-state index in [0.717, 1.165) is 0 Å². The van der Waals surface area contributed by atoms with Gasteiger partial charge in [0.05, 0.1) is 11.5 Å². The predicted octanol–water partition coefficient (Wildman–Crippen LogP) is 2.38. The Labute approximate surface area is 93.1 Å². The molecule has 0 bridgehead atoms. The SMILES string of the molecule is CCO/C(C)=N\Nc1ccccc1[N+](=O)[O-]. The van der Waals surface area contributed by atoms with Gasteiger partial charge in [0.1, 0.15) is 5.69 Å². The first-order valence-electron chi connectivity index (χ1n) is 4.81. The number of nitro benzene ring substituents is 1. The quantitative estimate of drug-likeness (QED) is 0.368. The summed E-state index contributed by atoms with van der Waals surface area (Å²) >= 11 is 0. The van der Waals surface area contributed by atoms with Gasteiger partial charge in [-0.1, -0.05) is 12.1 Å². The number of benzene rings is 1. The van der Waals surface area contributed by atoms with Crippen LogP contribution in [-0.2, 0) is 4.74 Å². The minimum Gasteiger partial charge on any atom is -0.480 e. The van der Waals surface area contributed by atoms with Gasteiger partial charge in [0.15, 0.2) is 0 Å². The Balaban J connectivity index is 2.81. The maximum Gasteiger partial charge on any atom is 0.294 e. The Hall–Kier alpha value is -2.11. The summed E-state index contributed by atoms with van der Waals surface area (Å²) < 4.78 is 5.08. The monoisotopic (exact) mass is 223 g/mol. The van der Waals surface area contributed by atoms with Crippen LogP contribution in [0, 0.1) is 10.1 Å². The number of hydrogen-bond donors (Lipinski definition) is 1. The molecule has 1 N–H and O–H groups in total. The van der Waals surface area contributed by atoms with Crippen LogP contribution in [0.25, 0.3) is 0 Å². The molecule has 0 aliphatic rings. The van der Waals surface area contributed by atoms with Crippen LogP contribution in [0.15, 0.2) is 29.4 Å². The highest BCUT2D eigenvalue weighted by Crippen LogP contribution is 2.22. The van der Waals surface area contributed by atoms with Crippen LogP contribution in [0.2, 0.25) is 0 Å². The third-order valence-electron chi connectivity index (χ3n) is 1.79. The number of hydrazone groups is 1. The van der Waals surface area contributed by atoms with E-state index in [-0.39, 0.29) is 5.69 Å². The van der Waals surface area contributed by atoms with E-state index in [1.807, 2.05) is 6.92 Å². The van der Waals surface area contributed by atoms with Crippen molar-refractivity contribution in [2.75, 3.05) is 12.0 Å². The van der Waals surface area contributed by atoms with Crippen molar-refractivity contribution in [3.05, 3.63) is 34.4 Å². The topological polar surface area (TPSA) is 76.8 Å². The van der Waals surface area contributed by atoms with Crippen LogP contribution in [0.5, 0.6) is 0 Å². The van der Waals surface area contributed by atoms with Crippen molar-refractivity contribution in [3.8, 4) is 0 Å². The van der Waals surface area contributed by atoms with Gasteiger partial charge in [0.25, 0.3) is 5.69 Å². The van der Waals surface area contributed by atoms with Gasteiger partial charge in [-0.05, 0) is 13.0 Å². The van der Waals surface area contributed by atoms with Crippen LogP contribution in [0.4, 0.5) is 11.4 Å². The van der Waals surface area contributed by atoms with E-state index in [9.17, 15) is 10.1 Å². The molecule has 86 valence electrons. The largest absolute Gasteiger partial charge is 0.480 e. The molecule has 1 rings (SSSR count). The Bertz CT molecular complexity index is 404. The highest BCUT2D eigenvalue weighted by Gasteiger charge is 2.11. The molecular weight excluding hydrogens is 210 g/mol. The van der Waals surface area contributed by atoms with Crippen LogP contribution in [-0.4, -0.2) is 17.4 Å². The molecule has 6 heteroatoms. The van der Waals surface area contributed by atoms with Crippen molar-refractivity contribution in [2.24, 2.45) is 5.10 Å². The molecule has 0 atom stereocenters. The average Bonchev–Trinajstić information content (AvgIpc) is 2.27. The average molecular weight is 223 g/mol. The third-order valence-corrected chi connectivity index (χ3v) is 1.79. The summed E-state index contributed by atoms with van der Waals surface area (Å²) in [6, 6.07) is 6.29. The second-order valence-electron chi connectivity index (χ2n) is 2.95. The summed E-state index contributed by atoms with van der Waals surface area (Å²) in [6.45, 7) is 4.02. The van der Waals surface area contributed by atoms with E-state index in [1.165, 1.54) is 6.07 Å². The maximum absolute atomic E-state index is 10.7. The first-order chi connectivity index (χ1) is 7.65. The standard InChI is InChI=1S/C10H13N3O3/c1-3-16-8(2)11-12-9-6-4-5-7-10(9)13(14)15/h4-7,12H,3H2,1-2H3/b11-8-. The predicted molar refractivity (Wildman–Crippen MR) is 61.5 cm³/mol. The second-order valence-corrected chi connectivity index (χ2v) is 2.95. The molecule has 0 fully saturated rings. The van der Waals surface area contributed by atoms with Gasteiger partial charge in [0, 0.05) is 13.0 Å². The van der Waals surface area contributed by atoms with Gasteiger partial charge in [-0.25, -0.2) is 0 Å². The van der Waals surface area contributed by atoms with E-state index in [4.69, 9.17) is 4.74 Å². The van der Waals surface area contributed by atoms with Gasteiger partial charge in [-0.3, -0.25) is 15.5 Å². The van der Waals surface area contributed by atoms with Gasteiger partial charge in [-0.2, -0.15) is 0 Å². The third kappa shape index (κ3) is 3.23. The van der Waals surface area contributed by atoms with Crippen molar-refractivity contribution in [1.29, 1.82) is 0 Å². The Morgan fingerprint density at radius 1 is 1.56 bits per heavy atom. The zero-order valence-corrected chi connectivity index (χ0v) is 9.14. The van der Waals surface area contributed by atoms with E-state index >= 15 is 0 Å². The molecule has 0 amide bonds. The van der Waals surface area contributed by atoms with Crippen molar-refractivity contribution in [1.82, 2.24) is 0 Å². The van der Waals surface area contributed by atoms with E-state index in [0.29, 0.717) is 18.2 Å². The zero-order valence-electron chi connectivity index (χ0n) is 9.14. The summed E-state index contributed by atoms with van der Waals surface area (Å²) in [5.74, 6) is 0.431. The highest BCUT2D eigenvalue weighted by atomic mass is 16.6. The van der Waals surface area contributed by atoms with Gasteiger partial charge in [0.2, 0.25) is 5.90 Å². The zero-order chi connectivity index (χ0) is 12.0. The maximum atomic E-state index is 10.7. The molecule has 0 radical (unpaired) electrons. The molecule has 0 aromatic heterocycles. The summed E-state index contributed by atoms with van der Waals surface area (Å²) in [6.07, 6.45) is 0. The minimum atomic E-state index is -0.464. The lowest BCUT2D eigenvalue weighted by Crippen LogP contribution is -2.03. The van der Waals surface area contributed by atoms with E-state index < -0.39 is 4.92 Å². The van der Waals surface area contributed by atoms with Crippen LogP contribution >= 0.6 is 0 Å². The molecule has 0 saturated carbocycles. The first-order valence-corrected chi connectivity index (χ1v) is 4.81. The molecule has 1 aromatic carbocycles. The van der Waals surface area contributed by atoms with Crippen molar-refractivity contribution in [2.45, 2.75) is 13.8 Å². The van der Waals surface area contributed by atoms with Crippen molar-refractivity contribution in [3.63, 3.8) is 0 Å². The first kappa shape index (κ1) is 12.0. The van der Waals surface area contributed by atoms with E-state index in [1.54, 1.807) is 25.1 Å². The Kier molecular flexibility index (Phi) is 4.26. The number of nitrogens with zero attached hydrogens (tertiary/aromatic N) is 2. The molecular formula is C10H13N3O3. The summed E-state index contributed by atoms with van der Waals surface area (Å²) in [5.41, 5.74) is 2.92.